The van der Waals surface area contributed by atoms with Gasteiger partial charge in [0, 0.05) is 23.2 Å². The lowest BCUT2D eigenvalue weighted by atomic mass is 10.1. The van der Waals surface area contributed by atoms with E-state index in [0.717, 1.165) is 21.8 Å². The Labute approximate surface area is 87.6 Å². The molecular formula is C13H10N2. The minimum absolute atomic E-state index is 0.968. The standard InChI is InChI=1S/C13H10N2/c1-8-5-7-15-13-11(8)9(2)10-4-3-6-14-12(10)13/h3-7H,1H2,2H3. The minimum Gasteiger partial charge on any atom is -0.254 e. The third-order valence-corrected chi connectivity index (χ3v) is 2.85. The van der Waals surface area contributed by atoms with Crippen LogP contribution in [-0.4, -0.2) is 9.97 Å². The van der Waals surface area contributed by atoms with E-state index in [2.05, 4.69) is 29.5 Å². The van der Waals surface area contributed by atoms with Crippen LogP contribution in [0.25, 0.3) is 23.5 Å². The summed E-state index contributed by atoms with van der Waals surface area (Å²) in [7, 11) is 0. The number of hydrogen-bond donors (Lipinski definition) is 0. The maximum atomic E-state index is 4.39. The van der Waals surface area contributed by atoms with Gasteiger partial charge in [0.1, 0.15) is 0 Å². The van der Waals surface area contributed by atoms with E-state index in [4.69, 9.17) is 0 Å². The molecule has 0 bridgehead atoms. The summed E-state index contributed by atoms with van der Waals surface area (Å²) < 4.78 is 0. The van der Waals surface area contributed by atoms with E-state index in [1.807, 2.05) is 12.1 Å². The largest absolute Gasteiger partial charge is 0.254 e. The SMILES string of the molecule is C=c1ccnc2c1=C(C)c1cccnc1-2. The fraction of sp³-hybridized carbons (Fsp3) is 0.0769. The third-order valence-electron chi connectivity index (χ3n) is 2.85. The van der Waals surface area contributed by atoms with Gasteiger partial charge in [0.2, 0.25) is 0 Å². The van der Waals surface area contributed by atoms with Gasteiger partial charge >= 0.3 is 0 Å². The van der Waals surface area contributed by atoms with E-state index in [0.29, 0.717) is 0 Å². The van der Waals surface area contributed by atoms with E-state index in [9.17, 15) is 0 Å². The van der Waals surface area contributed by atoms with Crippen molar-refractivity contribution in [2.24, 2.45) is 0 Å². The van der Waals surface area contributed by atoms with Gasteiger partial charge in [0.25, 0.3) is 0 Å². The molecule has 2 aromatic heterocycles. The van der Waals surface area contributed by atoms with Crippen molar-refractivity contribution in [1.82, 2.24) is 9.97 Å². The van der Waals surface area contributed by atoms with E-state index in [-0.39, 0.29) is 0 Å². The van der Waals surface area contributed by atoms with Crippen LogP contribution < -0.4 is 10.4 Å². The molecule has 1 aliphatic rings. The Kier molecular flexibility index (Phi) is 1.54. The van der Waals surface area contributed by atoms with E-state index in [1.165, 1.54) is 11.1 Å². The van der Waals surface area contributed by atoms with Gasteiger partial charge in [-0.25, -0.2) is 0 Å². The first-order valence-corrected chi connectivity index (χ1v) is 4.89. The van der Waals surface area contributed by atoms with Crippen LogP contribution in [0.4, 0.5) is 0 Å². The molecule has 0 unspecified atom stereocenters. The summed E-state index contributed by atoms with van der Waals surface area (Å²) in [4.78, 5) is 8.77. The van der Waals surface area contributed by atoms with Crippen molar-refractivity contribution < 1.29 is 0 Å². The fourth-order valence-corrected chi connectivity index (χ4v) is 2.13. The van der Waals surface area contributed by atoms with Crippen molar-refractivity contribution in [3.8, 4) is 11.4 Å². The Morgan fingerprint density at radius 1 is 1.07 bits per heavy atom. The highest BCUT2D eigenvalue weighted by Gasteiger charge is 2.18. The molecule has 15 heavy (non-hydrogen) atoms. The maximum absolute atomic E-state index is 4.39. The fourth-order valence-electron chi connectivity index (χ4n) is 2.13. The second kappa shape index (κ2) is 2.76. The van der Waals surface area contributed by atoms with Crippen molar-refractivity contribution in [3.05, 3.63) is 46.6 Å². The molecule has 0 atom stereocenters. The summed E-state index contributed by atoms with van der Waals surface area (Å²) >= 11 is 0. The molecule has 0 N–H and O–H groups in total. The van der Waals surface area contributed by atoms with Gasteiger partial charge < -0.3 is 0 Å². The van der Waals surface area contributed by atoms with Crippen molar-refractivity contribution >= 4 is 12.2 Å². The van der Waals surface area contributed by atoms with Gasteiger partial charge in [-0.15, -0.1) is 0 Å². The minimum atomic E-state index is 0.968. The molecule has 2 aromatic rings. The number of nitrogens with zero attached hydrogens (tertiary/aromatic N) is 2. The Morgan fingerprint density at radius 3 is 2.73 bits per heavy atom. The predicted octanol–water partition coefficient (Wildman–Crippen LogP) is 1.09. The Bertz CT molecular complexity index is 656. The maximum Gasteiger partial charge on any atom is 0.0973 e. The first kappa shape index (κ1) is 8.36. The van der Waals surface area contributed by atoms with Crippen molar-refractivity contribution in [1.29, 1.82) is 0 Å². The lowest BCUT2D eigenvalue weighted by Crippen LogP contribution is -2.25. The molecule has 1 aliphatic carbocycles. The molecule has 0 spiro atoms. The number of rotatable bonds is 0. The quantitative estimate of drug-likeness (QED) is 0.627. The number of hydrogen-bond acceptors (Lipinski definition) is 2. The van der Waals surface area contributed by atoms with Crippen LogP contribution in [0.3, 0.4) is 0 Å². The van der Waals surface area contributed by atoms with Crippen LogP contribution in [0.15, 0.2) is 30.6 Å². The van der Waals surface area contributed by atoms with Crippen molar-refractivity contribution in [2.45, 2.75) is 6.92 Å². The summed E-state index contributed by atoms with van der Waals surface area (Å²) in [6.07, 6.45) is 3.59. The lowest BCUT2D eigenvalue weighted by Gasteiger charge is -1.98. The summed E-state index contributed by atoms with van der Waals surface area (Å²) in [6, 6.07) is 5.98. The molecule has 0 aliphatic heterocycles. The van der Waals surface area contributed by atoms with Crippen molar-refractivity contribution in [3.63, 3.8) is 0 Å². The normalized spacial score (nSPS) is 12.5. The number of aromatic nitrogens is 2. The monoisotopic (exact) mass is 194 g/mol. The average molecular weight is 194 g/mol. The van der Waals surface area contributed by atoms with E-state index in [1.54, 1.807) is 12.4 Å². The Morgan fingerprint density at radius 2 is 1.87 bits per heavy atom. The molecule has 0 amide bonds. The molecular weight excluding hydrogens is 184 g/mol. The number of pyridine rings is 2. The molecule has 72 valence electrons. The van der Waals surface area contributed by atoms with Gasteiger partial charge in [-0.2, -0.15) is 0 Å². The Hall–Kier alpha value is -1.96. The van der Waals surface area contributed by atoms with Gasteiger partial charge in [-0.05, 0) is 29.8 Å². The number of fused-ring (bicyclic) bond motifs is 3. The smallest absolute Gasteiger partial charge is 0.0973 e. The van der Waals surface area contributed by atoms with Crippen LogP contribution in [0.2, 0.25) is 0 Å². The summed E-state index contributed by atoms with van der Waals surface area (Å²) in [5.74, 6) is 0. The highest BCUT2D eigenvalue weighted by atomic mass is 14.8. The molecule has 2 nitrogen and oxygen atoms in total. The second-order valence-corrected chi connectivity index (χ2v) is 3.72. The second-order valence-electron chi connectivity index (χ2n) is 3.72. The first-order chi connectivity index (χ1) is 7.29. The van der Waals surface area contributed by atoms with E-state index < -0.39 is 0 Å². The third kappa shape index (κ3) is 0.988. The topological polar surface area (TPSA) is 25.8 Å². The van der Waals surface area contributed by atoms with Gasteiger partial charge in [-0.3, -0.25) is 9.97 Å². The van der Waals surface area contributed by atoms with Crippen LogP contribution in [0, 0.1) is 0 Å². The first-order valence-electron chi connectivity index (χ1n) is 4.89. The predicted molar refractivity (Wildman–Crippen MR) is 60.4 cm³/mol. The van der Waals surface area contributed by atoms with Crippen LogP contribution in [-0.2, 0) is 0 Å². The summed E-state index contributed by atoms with van der Waals surface area (Å²) in [5.41, 5.74) is 4.36. The van der Waals surface area contributed by atoms with Gasteiger partial charge in [0.05, 0.1) is 11.4 Å². The van der Waals surface area contributed by atoms with Crippen molar-refractivity contribution in [2.75, 3.05) is 0 Å². The molecule has 0 radical (unpaired) electrons. The lowest BCUT2D eigenvalue weighted by molar-refractivity contribution is 1.23. The van der Waals surface area contributed by atoms with Gasteiger partial charge in [-0.1, -0.05) is 12.6 Å². The van der Waals surface area contributed by atoms with Crippen LogP contribution in [0.1, 0.15) is 12.5 Å². The average Bonchev–Trinajstić information content (AvgIpc) is 2.55. The molecule has 0 saturated carbocycles. The molecule has 2 heteroatoms. The van der Waals surface area contributed by atoms with E-state index >= 15 is 0 Å². The Balaban J connectivity index is 2.58. The van der Waals surface area contributed by atoms with Crippen LogP contribution >= 0.6 is 0 Å². The molecule has 3 rings (SSSR count). The highest BCUT2D eigenvalue weighted by Crippen LogP contribution is 2.26. The van der Waals surface area contributed by atoms with Gasteiger partial charge in [0.15, 0.2) is 0 Å². The highest BCUT2D eigenvalue weighted by molar-refractivity contribution is 5.84. The molecule has 0 aromatic carbocycles. The van der Waals surface area contributed by atoms with Crippen LogP contribution in [0.5, 0.6) is 0 Å². The molecule has 0 saturated heterocycles. The molecule has 0 fully saturated rings. The zero-order valence-corrected chi connectivity index (χ0v) is 8.49. The molecule has 2 heterocycles. The summed E-state index contributed by atoms with van der Waals surface area (Å²) in [6.45, 7) is 6.14. The zero-order valence-electron chi connectivity index (χ0n) is 8.49. The summed E-state index contributed by atoms with van der Waals surface area (Å²) in [5, 5.41) is 2.17. The zero-order chi connectivity index (χ0) is 10.4.